The molecule has 68 valence electrons. The highest BCUT2D eigenvalue weighted by Gasteiger charge is 2.25. The number of carbonyl (C=O) groups excluding carboxylic acids is 2. The molecular weight excluding hydrogens is 178 g/mol. The van der Waals surface area contributed by atoms with E-state index in [4.69, 9.17) is 11.6 Å². The van der Waals surface area contributed by atoms with Crippen LogP contribution in [0.25, 0.3) is 0 Å². The molecule has 1 saturated heterocycles. The highest BCUT2D eigenvalue weighted by Crippen LogP contribution is 2.18. The number of nitrogens with zero attached hydrogens (tertiary/aromatic N) is 1. The van der Waals surface area contributed by atoms with E-state index in [9.17, 15) is 9.59 Å². The fourth-order valence-electron chi connectivity index (χ4n) is 1.45. The minimum Gasteiger partial charge on any atom is -0.342 e. The summed E-state index contributed by atoms with van der Waals surface area (Å²) in [4.78, 5) is 23.4. The van der Waals surface area contributed by atoms with E-state index in [2.05, 4.69) is 0 Å². The minimum atomic E-state index is -0.319. The first-order valence-electron chi connectivity index (χ1n) is 4.06. The summed E-state index contributed by atoms with van der Waals surface area (Å²) in [7, 11) is 0. The molecule has 1 heterocycles. The number of hydrogen-bond acceptors (Lipinski definition) is 2. The molecular formula is C8H12ClNO2. The molecule has 3 nitrogen and oxygen atoms in total. The number of hydrogen-bond donors (Lipinski definition) is 0. The summed E-state index contributed by atoms with van der Waals surface area (Å²) in [6.45, 7) is 2.77. The highest BCUT2D eigenvalue weighted by atomic mass is 35.5. The smallest absolute Gasteiger partial charge is 0.226 e. The zero-order chi connectivity index (χ0) is 9.14. The van der Waals surface area contributed by atoms with Crippen molar-refractivity contribution < 1.29 is 9.59 Å². The standard InChI is InChI=1S/C8H12ClNO2/c1-6(11)10-4-2-3-7(5-10)8(9)12/h7H,2-5H2,1H3/t7-/m0/s1. The predicted molar refractivity (Wildman–Crippen MR) is 45.8 cm³/mol. The second kappa shape index (κ2) is 3.90. The molecule has 0 aromatic heterocycles. The first-order chi connectivity index (χ1) is 5.61. The maximum Gasteiger partial charge on any atom is 0.226 e. The molecule has 1 amide bonds. The third kappa shape index (κ3) is 2.21. The van der Waals surface area contributed by atoms with Crippen molar-refractivity contribution in [2.24, 2.45) is 5.92 Å². The third-order valence-corrected chi connectivity index (χ3v) is 2.50. The molecule has 12 heavy (non-hydrogen) atoms. The molecule has 1 rings (SSSR count). The lowest BCUT2D eigenvalue weighted by Gasteiger charge is -2.29. The van der Waals surface area contributed by atoms with Gasteiger partial charge in [0.1, 0.15) is 0 Å². The monoisotopic (exact) mass is 189 g/mol. The topological polar surface area (TPSA) is 37.4 Å². The number of halogens is 1. The van der Waals surface area contributed by atoms with Gasteiger partial charge in [-0.3, -0.25) is 9.59 Å². The van der Waals surface area contributed by atoms with Crippen LogP contribution in [0.3, 0.4) is 0 Å². The summed E-state index contributed by atoms with van der Waals surface area (Å²) in [5.41, 5.74) is 0. The van der Waals surface area contributed by atoms with Gasteiger partial charge in [-0.05, 0) is 24.4 Å². The van der Waals surface area contributed by atoms with Crippen LogP contribution in [0.15, 0.2) is 0 Å². The molecule has 0 radical (unpaired) electrons. The summed E-state index contributed by atoms with van der Waals surface area (Å²) < 4.78 is 0. The summed E-state index contributed by atoms with van der Waals surface area (Å²) in [5.74, 6) is -0.123. The van der Waals surface area contributed by atoms with Gasteiger partial charge in [-0.1, -0.05) is 0 Å². The van der Waals surface area contributed by atoms with Crippen LogP contribution in [-0.4, -0.2) is 29.1 Å². The zero-order valence-electron chi connectivity index (χ0n) is 7.05. The molecule has 0 spiro atoms. The van der Waals surface area contributed by atoms with Crippen LogP contribution in [-0.2, 0) is 9.59 Å². The summed E-state index contributed by atoms with van der Waals surface area (Å²) in [5, 5.41) is -0.319. The van der Waals surface area contributed by atoms with Gasteiger partial charge in [0.15, 0.2) is 0 Å². The number of carbonyl (C=O) groups is 2. The van der Waals surface area contributed by atoms with E-state index in [-0.39, 0.29) is 17.1 Å². The fraction of sp³-hybridized carbons (Fsp3) is 0.750. The predicted octanol–water partition coefficient (Wildman–Crippen LogP) is 1.01. The van der Waals surface area contributed by atoms with Crippen LogP contribution in [0, 0.1) is 5.92 Å². The molecule has 1 fully saturated rings. The van der Waals surface area contributed by atoms with Gasteiger partial charge in [-0.15, -0.1) is 0 Å². The van der Waals surface area contributed by atoms with Crippen molar-refractivity contribution in [2.75, 3.05) is 13.1 Å². The fourth-order valence-corrected chi connectivity index (χ4v) is 1.63. The van der Waals surface area contributed by atoms with E-state index in [0.29, 0.717) is 6.54 Å². The van der Waals surface area contributed by atoms with Crippen molar-refractivity contribution in [1.82, 2.24) is 4.90 Å². The Morgan fingerprint density at radius 3 is 2.67 bits per heavy atom. The lowest BCUT2D eigenvalue weighted by Crippen LogP contribution is -2.40. The Bertz CT molecular complexity index is 185. The zero-order valence-corrected chi connectivity index (χ0v) is 7.80. The average molecular weight is 190 g/mol. The van der Waals surface area contributed by atoms with E-state index in [0.717, 1.165) is 19.4 Å². The third-order valence-electron chi connectivity index (χ3n) is 2.19. The lowest BCUT2D eigenvalue weighted by molar-refractivity contribution is -0.131. The number of likely N-dealkylation sites (tertiary alicyclic amines) is 1. The van der Waals surface area contributed by atoms with Crippen LogP contribution >= 0.6 is 11.6 Å². The van der Waals surface area contributed by atoms with E-state index >= 15 is 0 Å². The van der Waals surface area contributed by atoms with Crippen molar-refractivity contribution in [3.05, 3.63) is 0 Å². The molecule has 1 aliphatic heterocycles. The van der Waals surface area contributed by atoms with Crippen LogP contribution in [0.5, 0.6) is 0 Å². The van der Waals surface area contributed by atoms with Crippen molar-refractivity contribution in [2.45, 2.75) is 19.8 Å². The van der Waals surface area contributed by atoms with Gasteiger partial charge < -0.3 is 4.90 Å². The van der Waals surface area contributed by atoms with Crippen LogP contribution in [0.1, 0.15) is 19.8 Å². The van der Waals surface area contributed by atoms with Gasteiger partial charge in [0.2, 0.25) is 11.1 Å². The van der Waals surface area contributed by atoms with Gasteiger partial charge in [0, 0.05) is 20.0 Å². The van der Waals surface area contributed by atoms with Crippen LogP contribution in [0.4, 0.5) is 0 Å². The molecule has 0 aliphatic carbocycles. The molecule has 4 heteroatoms. The molecule has 1 atom stereocenters. The van der Waals surface area contributed by atoms with Gasteiger partial charge in [-0.2, -0.15) is 0 Å². The molecule has 0 unspecified atom stereocenters. The molecule has 0 aromatic carbocycles. The van der Waals surface area contributed by atoms with Crippen molar-refractivity contribution in [3.8, 4) is 0 Å². The van der Waals surface area contributed by atoms with Gasteiger partial charge >= 0.3 is 0 Å². The Labute approximate surface area is 76.7 Å². The van der Waals surface area contributed by atoms with E-state index in [1.165, 1.54) is 6.92 Å². The van der Waals surface area contributed by atoms with E-state index in [1.54, 1.807) is 4.90 Å². The summed E-state index contributed by atoms with van der Waals surface area (Å²) in [6, 6.07) is 0. The highest BCUT2D eigenvalue weighted by molar-refractivity contribution is 6.64. The summed E-state index contributed by atoms with van der Waals surface area (Å²) >= 11 is 5.35. The van der Waals surface area contributed by atoms with E-state index in [1.807, 2.05) is 0 Å². The minimum absolute atomic E-state index is 0.0256. The first-order valence-corrected chi connectivity index (χ1v) is 4.44. The van der Waals surface area contributed by atoms with Gasteiger partial charge in [0.25, 0.3) is 0 Å². The Hall–Kier alpha value is -0.570. The van der Waals surface area contributed by atoms with Gasteiger partial charge in [0.05, 0.1) is 5.92 Å². The molecule has 1 aliphatic rings. The Morgan fingerprint density at radius 2 is 2.17 bits per heavy atom. The molecule has 0 saturated carbocycles. The largest absolute Gasteiger partial charge is 0.342 e. The average Bonchev–Trinajstić information content (AvgIpc) is 2.04. The SMILES string of the molecule is CC(=O)N1CCC[C@H](C(=O)Cl)C1. The Kier molecular flexibility index (Phi) is 3.09. The first kappa shape index (κ1) is 9.52. The van der Waals surface area contributed by atoms with Crippen LogP contribution < -0.4 is 0 Å². The number of amides is 1. The van der Waals surface area contributed by atoms with Crippen molar-refractivity contribution in [1.29, 1.82) is 0 Å². The summed E-state index contributed by atoms with van der Waals surface area (Å²) in [6.07, 6.45) is 1.69. The van der Waals surface area contributed by atoms with E-state index < -0.39 is 0 Å². The second-order valence-corrected chi connectivity index (χ2v) is 3.48. The Balaban J connectivity index is 2.51. The maximum atomic E-state index is 10.9. The molecule has 0 aromatic rings. The number of piperidine rings is 1. The normalized spacial score (nSPS) is 23.8. The quantitative estimate of drug-likeness (QED) is 0.578. The lowest BCUT2D eigenvalue weighted by atomic mass is 9.99. The van der Waals surface area contributed by atoms with Crippen molar-refractivity contribution in [3.63, 3.8) is 0 Å². The van der Waals surface area contributed by atoms with Crippen LogP contribution in [0.2, 0.25) is 0 Å². The second-order valence-electron chi connectivity index (χ2n) is 3.11. The maximum absolute atomic E-state index is 10.9. The van der Waals surface area contributed by atoms with Gasteiger partial charge in [-0.25, -0.2) is 0 Å². The molecule has 0 N–H and O–H groups in total. The Morgan fingerprint density at radius 1 is 1.50 bits per heavy atom. The molecule has 0 bridgehead atoms. The van der Waals surface area contributed by atoms with Crippen molar-refractivity contribution >= 4 is 22.8 Å². The number of rotatable bonds is 1.